The summed E-state index contributed by atoms with van der Waals surface area (Å²) in [5.41, 5.74) is 1.36. The minimum Gasteiger partial charge on any atom is -0.619 e. The van der Waals surface area contributed by atoms with E-state index in [1.807, 2.05) is 25.1 Å². The van der Waals surface area contributed by atoms with E-state index in [-0.39, 0.29) is 18.7 Å². The molecule has 0 spiro atoms. The summed E-state index contributed by atoms with van der Waals surface area (Å²) < 4.78 is 11.2. The van der Waals surface area contributed by atoms with Gasteiger partial charge in [0.2, 0.25) is 6.79 Å². The van der Waals surface area contributed by atoms with Crippen LogP contribution in [0.15, 0.2) is 42.7 Å². The third-order valence-corrected chi connectivity index (χ3v) is 3.31. The maximum atomic E-state index is 12.1. The second kappa shape index (κ2) is 5.32. The highest BCUT2D eigenvalue weighted by Gasteiger charge is 2.17. The molecule has 0 radical (unpaired) electrons. The first-order chi connectivity index (χ1) is 10.1. The number of ether oxygens (including phenoxy) is 2. The fraction of sp³-hybridized carbons (Fsp3) is 0.200. The van der Waals surface area contributed by atoms with Crippen LogP contribution in [0.5, 0.6) is 11.5 Å². The smallest absolute Gasteiger partial charge is 0.252 e. The van der Waals surface area contributed by atoms with Crippen LogP contribution >= 0.6 is 0 Å². The lowest BCUT2D eigenvalue weighted by molar-refractivity contribution is -0.605. The summed E-state index contributed by atoms with van der Waals surface area (Å²) in [4.78, 5) is 12.1. The molecule has 6 nitrogen and oxygen atoms in total. The van der Waals surface area contributed by atoms with Crippen molar-refractivity contribution >= 4 is 5.91 Å². The summed E-state index contributed by atoms with van der Waals surface area (Å²) >= 11 is 0. The first-order valence-electron chi connectivity index (χ1n) is 6.53. The van der Waals surface area contributed by atoms with Gasteiger partial charge in [-0.05, 0) is 24.6 Å². The summed E-state index contributed by atoms with van der Waals surface area (Å²) in [6.07, 6.45) is 2.58. The van der Waals surface area contributed by atoms with Gasteiger partial charge in [-0.2, -0.15) is 4.73 Å². The average molecular weight is 286 g/mol. The molecule has 108 valence electrons. The molecule has 1 amide bonds. The average Bonchev–Trinajstić information content (AvgIpc) is 2.95. The first kappa shape index (κ1) is 13.2. The van der Waals surface area contributed by atoms with E-state index in [1.165, 1.54) is 24.5 Å². The van der Waals surface area contributed by atoms with Crippen molar-refractivity contribution in [1.29, 1.82) is 0 Å². The Morgan fingerprint density at radius 1 is 1.24 bits per heavy atom. The Labute approximate surface area is 121 Å². The van der Waals surface area contributed by atoms with Gasteiger partial charge >= 0.3 is 0 Å². The quantitative estimate of drug-likeness (QED) is 0.686. The zero-order chi connectivity index (χ0) is 14.8. The molecule has 1 aromatic carbocycles. The van der Waals surface area contributed by atoms with E-state index in [4.69, 9.17) is 9.47 Å². The van der Waals surface area contributed by atoms with Crippen LogP contribution in [-0.4, -0.2) is 12.7 Å². The topological polar surface area (TPSA) is 74.5 Å². The molecule has 0 unspecified atom stereocenters. The second-order valence-electron chi connectivity index (χ2n) is 4.75. The Hall–Kier alpha value is -2.76. The highest BCUT2D eigenvalue weighted by atomic mass is 16.7. The summed E-state index contributed by atoms with van der Waals surface area (Å²) in [6.45, 7) is 2.10. The molecule has 0 saturated carbocycles. The third-order valence-electron chi connectivity index (χ3n) is 3.31. The zero-order valence-electron chi connectivity index (χ0n) is 11.4. The molecule has 21 heavy (non-hydrogen) atoms. The number of nitrogens with one attached hydrogen (secondary N) is 1. The Bertz CT molecular complexity index is 670. The molecule has 0 aliphatic carbocycles. The lowest BCUT2D eigenvalue weighted by atomic mass is 10.1. The Morgan fingerprint density at radius 2 is 1.95 bits per heavy atom. The van der Waals surface area contributed by atoms with E-state index in [2.05, 4.69) is 5.32 Å². The highest BCUT2D eigenvalue weighted by molar-refractivity contribution is 5.94. The highest BCUT2D eigenvalue weighted by Crippen LogP contribution is 2.34. The molecule has 0 saturated heterocycles. The van der Waals surface area contributed by atoms with E-state index < -0.39 is 0 Å². The predicted octanol–water partition coefficient (Wildman–Crippen LogP) is 1.54. The van der Waals surface area contributed by atoms with Gasteiger partial charge in [-0.3, -0.25) is 4.79 Å². The zero-order valence-corrected chi connectivity index (χ0v) is 11.4. The monoisotopic (exact) mass is 286 g/mol. The van der Waals surface area contributed by atoms with Gasteiger partial charge in [-0.1, -0.05) is 6.07 Å². The number of carbonyl (C=O) groups excluding carboxylic acids is 1. The number of fused-ring (bicyclic) bond motifs is 1. The molecule has 1 atom stereocenters. The Kier molecular flexibility index (Phi) is 3.35. The summed E-state index contributed by atoms with van der Waals surface area (Å²) in [5, 5.41) is 13.8. The molecule has 0 bridgehead atoms. The van der Waals surface area contributed by atoms with Gasteiger partial charge in [-0.25, -0.2) is 0 Å². The molecule has 0 fully saturated rings. The van der Waals surface area contributed by atoms with Crippen LogP contribution in [0.25, 0.3) is 0 Å². The largest absolute Gasteiger partial charge is 0.619 e. The van der Waals surface area contributed by atoms with Gasteiger partial charge < -0.3 is 20.0 Å². The molecule has 1 aliphatic heterocycles. The number of amides is 1. The van der Waals surface area contributed by atoms with Crippen LogP contribution in [0.2, 0.25) is 0 Å². The molecule has 6 heteroatoms. The first-order valence-corrected chi connectivity index (χ1v) is 6.53. The third kappa shape index (κ3) is 2.74. The van der Waals surface area contributed by atoms with Crippen molar-refractivity contribution in [2.24, 2.45) is 0 Å². The van der Waals surface area contributed by atoms with Crippen molar-refractivity contribution in [3.8, 4) is 11.5 Å². The maximum Gasteiger partial charge on any atom is 0.252 e. The van der Waals surface area contributed by atoms with Crippen molar-refractivity contribution < 1.29 is 19.0 Å². The molecule has 1 aromatic heterocycles. The van der Waals surface area contributed by atoms with Crippen LogP contribution in [0.1, 0.15) is 28.9 Å². The van der Waals surface area contributed by atoms with E-state index >= 15 is 0 Å². The van der Waals surface area contributed by atoms with Crippen molar-refractivity contribution in [3.05, 3.63) is 59.1 Å². The number of nitrogens with zero attached hydrogens (tertiary/aromatic N) is 1. The van der Waals surface area contributed by atoms with Gasteiger partial charge in [0.15, 0.2) is 23.9 Å². The predicted molar refractivity (Wildman–Crippen MR) is 73.8 cm³/mol. The lowest BCUT2D eigenvalue weighted by Crippen LogP contribution is -2.29. The van der Waals surface area contributed by atoms with Crippen molar-refractivity contribution in [2.45, 2.75) is 13.0 Å². The minimum atomic E-state index is -0.235. The normalized spacial score (nSPS) is 13.8. The van der Waals surface area contributed by atoms with Gasteiger partial charge in [0.05, 0.1) is 11.6 Å². The molecular formula is C15H14N2O4. The molecule has 1 aliphatic rings. The van der Waals surface area contributed by atoms with Crippen LogP contribution in [0.4, 0.5) is 0 Å². The van der Waals surface area contributed by atoms with Crippen molar-refractivity contribution in [1.82, 2.24) is 5.32 Å². The molecular weight excluding hydrogens is 272 g/mol. The summed E-state index contributed by atoms with van der Waals surface area (Å²) in [5.74, 6) is 1.15. The van der Waals surface area contributed by atoms with Crippen molar-refractivity contribution in [2.75, 3.05) is 6.79 Å². The Morgan fingerprint density at radius 3 is 2.71 bits per heavy atom. The molecule has 1 N–H and O–H groups in total. The Balaban J connectivity index is 1.72. The fourth-order valence-electron chi connectivity index (χ4n) is 2.11. The van der Waals surface area contributed by atoms with E-state index in [1.54, 1.807) is 0 Å². The van der Waals surface area contributed by atoms with Crippen LogP contribution < -0.4 is 19.5 Å². The molecule has 2 aromatic rings. The number of pyridine rings is 1. The standard InChI is InChI=1S/C15H14N2O4/c1-10(12-2-3-13-14(8-12)21-9-20-13)16-15(18)11-4-6-17(19)7-5-11/h2-8,10H,9H2,1H3,(H,16,18)/t10-/m0/s1. The summed E-state index contributed by atoms with van der Waals surface area (Å²) in [6, 6.07) is 8.33. The molecule has 3 rings (SSSR count). The minimum absolute atomic E-state index is 0.188. The van der Waals surface area contributed by atoms with E-state index in [9.17, 15) is 10.0 Å². The molecule has 2 heterocycles. The summed E-state index contributed by atoms with van der Waals surface area (Å²) in [7, 11) is 0. The van der Waals surface area contributed by atoms with Crippen molar-refractivity contribution in [3.63, 3.8) is 0 Å². The van der Waals surface area contributed by atoms with Crippen LogP contribution in [-0.2, 0) is 0 Å². The van der Waals surface area contributed by atoms with Gasteiger partial charge in [-0.15, -0.1) is 0 Å². The number of benzene rings is 1. The van der Waals surface area contributed by atoms with Gasteiger partial charge in [0.25, 0.3) is 5.91 Å². The van der Waals surface area contributed by atoms with Crippen LogP contribution in [0, 0.1) is 5.21 Å². The SMILES string of the molecule is C[C@H](NC(=O)c1cc[n+]([O-])cc1)c1ccc2c(c1)OCO2. The number of carbonyl (C=O) groups is 1. The van der Waals surface area contributed by atoms with Gasteiger partial charge in [0.1, 0.15) is 0 Å². The number of hydrogen-bond acceptors (Lipinski definition) is 4. The van der Waals surface area contributed by atoms with Gasteiger partial charge in [0, 0.05) is 12.1 Å². The maximum absolute atomic E-state index is 12.1. The number of rotatable bonds is 3. The number of hydrogen-bond donors (Lipinski definition) is 1. The van der Waals surface area contributed by atoms with E-state index in [0.717, 1.165) is 5.56 Å². The fourth-order valence-corrected chi connectivity index (χ4v) is 2.11. The van der Waals surface area contributed by atoms with Crippen LogP contribution in [0.3, 0.4) is 0 Å². The van der Waals surface area contributed by atoms with E-state index in [0.29, 0.717) is 21.8 Å². The lowest BCUT2D eigenvalue weighted by Gasteiger charge is -2.14. The number of aromatic nitrogens is 1. The second-order valence-corrected chi connectivity index (χ2v) is 4.75.